The second kappa shape index (κ2) is 15.7. The molecule has 2 aromatic rings. The molecule has 0 radical (unpaired) electrons. The number of aliphatic imine (C=N–C) groups is 2. The molecule has 11 heteroatoms. The number of phenolic OH excluding ortho intramolecular Hbond substituents is 2. The van der Waals surface area contributed by atoms with Crippen LogP contribution in [0.4, 0.5) is 0 Å². The fourth-order valence-electron chi connectivity index (χ4n) is 3.96. The van der Waals surface area contributed by atoms with Crippen LogP contribution < -0.4 is 18.6 Å². The number of hydrogen-bond donors (Lipinski definition) is 2. The molecule has 0 heterocycles. The number of benzene rings is 2. The van der Waals surface area contributed by atoms with Crippen molar-refractivity contribution in [2.24, 2.45) is 9.98 Å². The van der Waals surface area contributed by atoms with Crippen molar-refractivity contribution < 1.29 is 59.1 Å². The standard InChI is InChI=1S/C32H48N2O2.ClHO4.Cr.O/c1-29(2,3)23-15-21(27(35)25(17-23)31(7,8)9)19-33-13-14-34-20-22-16-24(30(4,5)6)18-26(28(22)36)32(10,11)12;2-1(3,4)5;;/h15-20,35-36H,13-14H2,1-12H3;(H,2,3,4,5);;/p-1. The van der Waals surface area contributed by atoms with Crippen LogP contribution in [0.25, 0.3) is 0 Å². The van der Waals surface area contributed by atoms with Gasteiger partial charge >= 0.3 is 20.0 Å². The third kappa shape index (κ3) is 14.4. The van der Waals surface area contributed by atoms with Gasteiger partial charge in [0.05, 0.1) is 13.1 Å². The van der Waals surface area contributed by atoms with Gasteiger partial charge in [-0.1, -0.05) is 95.2 Å². The van der Waals surface area contributed by atoms with E-state index in [1.54, 1.807) is 12.4 Å². The number of halogens is 1. The van der Waals surface area contributed by atoms with Crippen molar-refractivity contribution in [1.82, 2.24) is 0 Å². The van der Waals surface area contributed by atoms with E-state index in [-0.39, 0.29) is 21.7 Å². The van der Waals surface area contributed by atoms with Crippen molar-refractivity contribution in [2.75, 3.05) is 13.1 Å². The first-order valence-corrected chi connectivity index (χ1v) is 15.5. The molecule has 2 rings (SSSR count). The molecule has 0 saturated carbocycles. The summed E-state index contributed by atoms with van der Waals surface area (Å²) in [5, 5.41) is 21.9. The number of aromatic hydroxyl groups is 2. The third-order valence-corrected chi connectivity index (χ3v) is 6.45. The summed E-state index contributed by atoms with van der Waals surface area (Å²) in [5.74, 6) is 0.586. The van der Waals surface area contributed by atoms with Crippen molar-refractivity contribution in [2.45, 2.75) is 105 Å². The molecule has 0 saturated heterocycles. The van der Waals surface area contributed by atoms with Gasteiger partial charge < -0.3 is 10.2 Å². The second-order valence-corrected chi connectivity index (χ2v) is 15.1. The molecule has 0 aliphatic heterocycles. The molecule has 0 unspecified atom stereocenters. The van der Waals surface area contributed by atoms with Crippen molar-refractivity contribution >= 4 is 12.4 Å². The molecule has 43 heavy (non-hydrogen) atoms. The summed E-state index contributed by atoms with van der Waals surface area (Å²) in [5.41, 5.74) is 5.27. The number of nitrogens with zero attached hydrogens (tertiary/aromatic N) is 2. The van der Waals surface area contributed by atoms with Gasteiger partial charge in [-0.15, -0.1) is 10.2 Å². The van der Waals surface area contributed by atoms with E-state index in [9.17, 15) is 10.2 Å². The van der Waals surface area contributed by atoms with Crippen LogP contribution in [0.1, 0.15) is 116 Å². The van der Waals surface area contributed by atoms with Crippen LogP contribution in [0.2, 0.25) is 0 Å². The predicted molar refractivity (Wildman–Crippen MR) is 157 cm³/mol. The fourth-order valence-corrected chi connectivity index (χ4v) is 3.96. The summed E-state index contributed by atoms with van der Waals surface area (Å²) in [6.07, 6.45) is 3.51. The van der Waals surface area contributed by atoms with Gasteiger partial charge in [-0.25, -0.2) is 18.6 Å². The third-order valence-electron chi connectivity index (χ3n) is 6.45. The van der Waals surface area contributed by atoms with Gasteiger partial charge in [-0.3, -0.25) is 9.98 Å². The Labute approximate surface area is 267 Å². The number of phenols is 2. The van der Waals surface area contributed by atoms with E-state index in [2.05, 4.69) is 105 Å². The summed E-state index contributed by atoms with van der Waals surface area (Å²) < 4.78 is 42.1. The molecular weight excluding hydrogens is 612 g/mol. The average Bonchev–Trinajstić information content (AvgIpc) is 2.80. The zero-order valence-corrected chi connectivity index (χ0v) is 29.5. The first-order chi connectivity index (χ1) is 19.2. The van der Waals surface area contributed by atoms with Crippen LogP contribution in [0.3, 0.4) is 0 Å². The molecule has 2 aromatic carbocycles. The molecule has 0 amide bonds. The average molecular weight is 660 g/mol. The minimum atomic E-state index is -4.94. The van der Waals surface area contributed by atoms with Gasteiger partial charge in [0.1, 0.15) is 11.5 Å². The second-order valence-electron chi connectivity index (χ2n) is 14.4. The maximum absolute atomic E-state index is 10.9. The van der Waals surface area contributed by atoms with Crippen molar-refractivity contribution in [3.63, 3.8) is 0 Å². The molecule has 0 aliphatic carbocycles. The molecule has 0 spiro atoms. The monoisotopic (exact) mass is 659 g/mol. The Kier molecular flexibility index (Phi) is 14.9. The maximum atomic E-state index is 10.9. The summed E-state index contributed by atoms with van der Waals surface area (Å²) in [6, 6.07) is 8.28. The molecule has 0 aromatic heterocycles. The van der Waals surface area contributed by atoms with Crippen LogP contribution >= 0.6 is 0 Å². The summed E-state index contributed by atoms with van der Waals surface area (Å²) >= 11 is 1.38. The minimum absolute atomic E-state index is 0.0317. The first-order valence-electron chi connectivity index (χ1n) is 13.8. The van der Waals surface area contributed by atoms with Gasteiger partial charge in [0.2, 0.25) is 0 Å². The first kappa shape index (κ1) is 40.8. The summed E-state index contributed by atoms with van der Waals surface area (Å²) in [4.78, 5) is 9.11. The van der Waals surface area contributed by atoms with E-state index < -0.39 is 10.2 Å². The van der Waals surface area contributed by atoms with Crippen LogP contribution in [0, 0.1) is 10.2 Å². The van der Waals surface area contributed by atoms with Crippen LogP contribution in [0.15, 0.2) is 34.3 Å². The van der Waals surface area contributed by atoms with E-state index in [0.717, 1.165) is 22.3 Å². The molecule has 9 nitrogen and oxygen atoms in total. The predicted octanol–water partition coefficient (Wildman–Crippen LogP) is 2.95. The van der Waals surface area contributed by atoms with Gasteiger partial charge in [0.15, 0.2) is 0 Å². The van der Waals surface area contributed by atoms with E-state index in [1.165, 1.54) is 27.4 Å². The Balaban J connectivity index is 0.00000227. The van der Waals surface area contributed by atoms with Gasteiger partial charge in [-0.05, 0) is 44.9 Å². The van der Waals surface area contributed by atoms with Gasteiger partial charge in [-0.2, -0.15) is 0 Å². The number of rotatable bonds is 5. The molecule has 0 aliphatic rings. The fraction of sp³-hybridized carbons (Fsp3) is 0.562. The van der Waals surface area contributed by atoms with Gasteiger partial charge in [0, 0.05) is 34.7 Å². The molecule has 0 bridgehead atoms. The van der Waals surface area contributed by atoms with E-state index in [4.69, 9.17) is 22.4 Å². The molecule has 2 N–H and O–H groups in total. The normalized spacial score (nSPS) is 13.0. The van der Waals surface area contributed by atoms with Crippen LogP contribution in [0.5, 0.6) is 11.5 Å². The Morgan fingerprint density at radius 2 is 0.860 bits per heavy atom. The Hall–Kier alpha value is -2.16. The molecule has 0 atom stereocenters. The van der Waals surface area contributed by atoms with E-state index in [1.807, 2.05) is 12.1 Å². The number of hydrogen-bond acceptors (Lipinski definition) is 9. The van der Waals surface area contributed by atoms with E-state index in [0.29, 0.717) is 24.6 Å². The molecule has 242 valence electrons. The summed E-state index contributed by atoms with van der Waals surface area (Å²) in [6.45, 7) is 26.7. The Morgan fingerprint density at radius 3 is 1.07 bits per heavy atom. The topological polar surface area (TPSA) is 174 Å². The van der Waals surface area contributed by atoms with E-state index >= 15 is 0 Å². The quantitative estimate of drug-likeness (QED) is 0.366. The van der Waals surface area contributed by atoms with Crippen molar-refractivity contribution in [3.05, 3.63) is 57.6 Å². The Bertz CT molecular complexity index is 1160. The van der Waals surface area contributed by atoms with Crippen LogP contribution in [-0.4, -0.2) is 35.7 Å². The van der Waals surface area contributed by atoms with Crippen LogP contribution in [-0.2, 0) is 41.7 Å². The van der Waals surface area contributed by atoms with Crippen molar-refractivity contribution in [3.8, 4) is 11.5 Å². The molecule has 0 fully saturated rings. The summed E-state index contributed by atoms with van der Waals surface area (Å²) in [7, 11) is -4.94. The zero-order chi connectivity index (χ0) is 34.2. The molecular formula is C32H48ClCrN2O7-. The van der Waals surface area contributed by atoms with Crippen molar-refractivity contribution in [1.29, 1.82) is 0 Å². The SMILES string of the molecule is CC(C)(C)c1cc(C=NCCN=Cc2cc(C(C)(C)C)cc(C(C)(C)C)c2O)c(O)c(C(C)(C)C)c1.[O-][Cl+3]([O-])([O-])[O-].[O]=[Cr]. The van der Waals surface area contributed by atoms with Gasteiger partial charge in [0.25, 0.3) is 0 Å². The Morgan fingerprint density at radius 1 is 0.605 bits per heavy atom. The zero-order valence-electron chi connectivity index (χ0n) is 27.5.